The number of allylic oxidation sites excluding steroid dienone is 2. The van der Waals surface area contributed by atoms with Gasteiger partial charge in [0, 0.05) is 41.6 Å². The summed E-state index contributed by atoms with van der Waals surface area (Å²) in [6.07, 6.45) is 8.61. The Morgan fingerprint density at radius 2 is 1.65 bits per heavy atom. The second kappa shape index (κ2) is 19.3. The Balaban J connectivity index is 0.00000285. The molecule has 12 heteroatoms. The second-order valence-electron chi connectivity index (χ2n) is 18.6. The molecule has 1 spiro atoms. The number of nitrogens with zero attached hydrogens (tertiary/aromatic N) is 1. The van der Waals surface area contributed by atoms with E-state index in [0.29, 0.717) is 36.9 Å². The van der Waals surface area contributed by atoms with Crippen molar-refractivity contribution in [1.29, 1.82) is 0 Å². The Hall–Kier alpha value is -3.49. The van der Waals surface area contributed by atoms with Crippen LogP contribution >= 0.6 is 34.2 Å². The van der Waals surface area contributed by atoms with Gasteiger partial charge in [-0.15, -0.1) is 0 Å². The third kappa shape index (κ3) is 9.34. The number of aryl methyl sites for hydroxylation is 1. The molecular weight excluding hydrogens is 947 g/mol. The van der Waals surface area contributed by atoms with Crippen LogP contribution in [0.15, 0.2) is 109 Å². The van der Waals surface area contributed by atoms with Gasteiger partial charge in [0.05, 0.1) is 17.5 Å². The number of ketones is 1. The SMILES string of the molecule is CI.C[C@H]1C/C=C/C(=O)[C@@H]2CC[C@H]2CN2C[C@@]3(CCCc4cc(Cl)ccc43)COc3ccc(cc32)C(=O)NS(=O)(=O)[C@@H]1CCO[Si](c1ccccc1)(c1ccccc1)C(C)(C)C. The molecule has 8 nitrogen and oxygen atoms in total. The van der Waals surface area contributed by atoms with Crippen LogP contribution in [-0.2, 0) is 31.1 Å². The molecular formula is C50H60ClIN2O6SSi. The summed E-state index contributed by atoms with van der Waals surface area (Å²) in [5.74, 6) is -0.376. The van der Waals surface area contributed by atoms with Crippen molar-refractivity contribution in [3.63, 3.8) is 0 Å². The highest BCUT2D eigenvalue weighted by atomic mass is 127. The smallest absolute Gasteiger partial charge is 0.264 e. The molecule has 5 atom stereocenters. The summed E-state index contributed by atoms with van der Waals surface area (Å²) in [5, 5.41) is 1.64. The lowest BCUT2D eigenvalue weighted by Crippen LogP contribution is -2.66. The number of fused-ring (bicyclic) bond motifs is 4. The topological polar surface area (TPSA) is 102 Å². The molecule has 2 aliphatic carbocycles. The van der Waals surface area contributed by atoms with Crippen LogP contribution in [0.4, 0.5) is 5.69 Å². The number of carbonyl (C=O) groups excluding carboxylic acids is 2. The van der Waals surface area contributed by atoms with E-state index in [-0.39, 0.29) is 46.7 Å². The molecule has 2 bridgehead atoms. The highest BCUT2D eigenvalue weighted by molar-refractivity contribution is 14.1. The van der Waals surface area contributed by atoms with Gasteiger partial charge in [0.1, 0.15) is 5.75 Å². The van der Waals surface area contributed by atoms with Gasteiger partial charge < -0.3 is 14.1 Å². The molecule has 2 heterocycles. The summed E-state index contributed by atoms with van der Waals surface area (Å²) in [4.78, 5) is 32.3. The third-order valence-corrected chi connectivity index (χ3v) is 21.0. The zero-order valence-electron chi connectivity index (χ0n) is 36.5. The van der Waals surface area contributed by atoms with Crippen molar-refractivity contribution in [2.24, 2.45) is 17.8 Å². The minimum Gasteiger partial charge on any atom is -0.490 e. The van der Waals surface area contributed by atoms with Crippen molar-refractivity contribution in [1.82, 2.24) is 4.72 Å². The fraction of sp³-hybridized carbons (Fsp3) is 0.440. The summed E-state index contributed by atoms with van der Waals surface area (Å²) < 4.78 is 45.4. The van der Waals surface area contributed by atoms with E-state index in [1.807, 2.05) is 60.4 Å². The van der Waals surface area contributed by atoms with E-state index < -0.39 is 35.4 Å². The molecule has 62 heavy (non-hydrogen) atoms. The van der Waals surface area contributed by atoms with Gasteiger partial charge in [-0.05, 0) is 125 Å². The molecule has 4 aliphatic rings. The number of ether oxygens (including phenoxy) is 1. The Kier molecular flexibility index (Phi) is 14.5. The minimum absolute atomic E-state index is 0.0840. The van der Waals surface area contributed by atoms with Crippen molar-refractivity contribution in [2.45, 2.75) is 88.3 Å². The number of sulfonamides is 1. The fourth-order valence-corrected chi connectivity index (χ4v) is 16.9. The zero-order chi connectivity index (χ0) is 44.3. The van der Waals surface area contributed by atoms with Gasteiger partial charge in [0.15, 0.2) is 5.78 Å². The Bertz CT molecular complexity index is 2340. The number of benzene rings is 4. The molecule has 4 aromatic carbocycles. The first-order valence-electron chi connectivity index (χ1n) is 21.9. The molecule has 330 valence electrons. The van der Waals surface area contributed by atoms with Gasteiger partial charge >= 0.3 is 0 Å². The summed E-state index contributed by atoms with van der Waals surface area (Å²) in [6.45, 7) is 10.3. The number of hydrogen-bond acceptors (Lipinski definition) is 7. The minimum atomic E-state index is -4.24. The van der Waals surface area contributed by atoms with Crippen molar-refractivity contribution >= 4 is 80.3 Å². The summed E-state index contributed by atoms with van der Waals surface area (Å²) in [5.41, 5.74) is 3.10. The van der Waals surface area contributed by atoms with E-state index in [0.717, 1.165) is 48.2 Å². The van der Waals surface area contributed by atoms with Crippen LogP contribution < -0.4 is 24.7 Å². The van der Waals surface area contributed by atoms with Gasteiger partial charge in [0.2, 0.25) is 10.0 Å². The zero-order valence-corrected chi connectivity index (χ0v) is 41.3. The number of halogens is 2. The quantitative estimate of drug-likeness (QED) is 0.117. The second-order valence-corrected chi connectivity index (χ2v) is 25.2. The van der Waals surface area contributed by atoms with E-state index in [2.05, 4.69) is 89.4 Å². The summed E-state index contributed by atoms with van der Waals surface area (Å²) in [7, 11) is -7.21. The number of carbonyl (C=O) groups is 2. The number of nitrogens with one attached hydrogen (secondary N) is 1. The predicted octanol–water partition coefficient (Wildman–Crippen LogP) is 9.45. The first-order chi connectivity index (χ1) is 29.7. The van der Waals surface area contributed by atoms with E-state index in [1.165, 1.54) is 11.1 Å². The van der Waals surface area contributed by atoms with Gasteiger partial charge in [-0.3, -0.25) is 9.59 Å². The molecule has 1 amide bonds. The van der Waals surface area contributed by atoms with Crippen LogP contribution in [0.5, 0.6) is 5.75 Å². The first-order valence-corrected chi connectivity index (χ1v) is 27.9. The fourth-order valence-electron chi connectivity index (χ4n) is 10.5. The molecule has 8 rings (SSSR count). The lowest BCUT2D eigenvalue weighted by Gasteiger charge is -2.44. The number of amides is 1. The predicted molar refractivity (Wildman–Crippen MR) is 263 cm³/mol. The third-order valence-electron chi connectivity index (χ3n) is 13.7. The normalized spacial score (nSPS) is 25.4. The van der Waals surface area contributed by atoms with Gasteiger partial charge in [-0.2, -0.15) is 0 Å². The largest absolute Gasteiger partial charge is 0.490 e. The summed E-state index contributed by atoms with van der Waals surface area (Å²) >= 11 is 8.62. The van der Waals surface area contributed by atoms with Crippen LogP contribution in [0.2, 0.25) is 10.1 Å². The lowest BCUT2D eigenvalue weighted by molar-refractivity contribution is -0.122. The first kappa shape index (κ1) is 46.5. The Morgan fingerprint density at radius 1 is 0.952 bits per heavy atom. The maximum atomic E-state index is 14.6. The highest BCUT2D eigenvalue weighted by Crippen LogP contribution is 2.47. The average Bonchev–Trinajstić information content (AvgIpc) is 3.39. The van der Waals surface area contributed by atoms with E-state index >= 15 is 0 Å². The standard InChI is InChI=1S/C49H57ClN2O6SSi.CH3I/c1-34-13-11-19-44(53)41-23-20-37(41)31-52-32-49(27-12-14-35-29-38(50)22-24-42(35)49)33-57-45-25-21-36(30-43(45)52)47(54)51-59(55,56)46(34)26-28-58-60(48(2,3)4,39-15-7-5-8-16-39)40-17-9-6-10-18-40;1-2/h5-11,15-19,21-22,24-25,29-30,34,37,41,46H,12-14,20,23,26-28,31-33H2,1-4H3,(H,51,54);1H3/b19-11+;/t34-,37-,41+,46+,49-;/m0./s1. The highest BCUT2D eigenvalue weighted by Gasteiger charge is 2.50. The number of anilines is 1. The van der Waals surface area contributed by atoms with Crippen LogP contribution in [-0.4, -0.2) is 64.9 Å². The Morgan fingerprint density at radius 3 is 2.29 bits per heavy atom. The number of alkyl halides is 1. The van der Waals surface area contributed by atoms with Gasteiger partial charge in [-0.1, -0.05) is 135 Å². The lowest BCUT2D eigenvalue weighted by atomic mass is 9.68. The van der Waals surface area contributed by atoms with Crippen molar-refractivity contribution in [3.8, 4) is 5.75 Å². The number of hydrogen-bond donors (Lipinski definition) is 1. The molecule has 0 unspecified atom stereocenters. The maximum Gasteiger partial charge on any atom is 0.264 e. The Labute approximate surface area is 388 Å². The van der Waals surface area contributed by atoms with Gasteiger partial charge in [-0.25, -0.2) is 13.1 Å². The molecule has 0 aromatic heterocycles. The van der Waals surface area contributed by atoms with Crippen LogP contribution in [0.1, 0.15) is 87.7 Å². The van der Waals surface area contributed by atoms with Crippen LogP contribution in [0, 0.1) is 17.8 Å². The van der Waals surface area contributed by atoms with Crippen LogP contribution in [0.3, 0.4) is 0 Å². The monoisotopic (exact) mass is 1010 g/mol. The van der Waals surface area contributed by atoms with E-state index in [4.69, 9.17) is 20.8 Å². The molecule has 0 radical (unpaired) electrons. The molecule has 4 aromatic rings. The average molecular weight is 1010 g/mol. The molecule has 1 N–H and O–H groups in total. The van der Waals surface area contributed by atoms with Crippen molar-refractivity contribution in [2.75, 3.05) is 36.1 Å². The van der Waals surface area contributed by atoms with E-state index in [1.54, 1.807) is 24.3 Å². The molecule has 1 fully saturated rings. The summed E-state index contributed by atoms with van der Waals surface area (Å²) in [6, 6.07) is 31.9. The maximum absolute atomic E-state index is 14.6. The van der Waals surface area contributed by atoms with Crippen molar-refractivity contribution in [3.05, 3.63) is 131 Å². The van der Waals surface area contributed by atoms with Gasteiger partial charge in [0.25, 0.3) is 14.2 Å². The molecule has 1 saturated carbocycles. The van der Waals surface area contributed by atoms with Crippen molar-refractivity contribution < 1.29 is 27.2 Å². The number of rotatable bonds is 6. The molecule has 0 saturated heterocycles. The van der Waals surface area contributed by atoms with E-state index in [9.17, 15) is 18.0 Å². The van der Waals surface area contributed by atoms with Crippen LogP contribution in [0.25, 0.3) is 0 Å². The molecule has 2 aliphatic heterocycles.